The molecule has 0 spiro atoms. The Morgan fingerprint density at radius 1 is 1.20 bits per heavy atom. The molecule has 0 aliphatic heterocycles. The Morgan fingerprint density at radius 2 is 1.93 bits per heavy atom. The SMILES string of the molecule is CCc1ccc(-c2cc3c(=O)n(CC(=O)NCCCOC(C)C)nc(C)n3n2)cc1. The summed E-state index contributed by atoms with van der Waals surface area (Å²) in [6, 6.07) is 9.85. The molecule has 1 amide bonds. The van der Waals surface area contributed by atoms with E-state index < -0.39 is 0 Å². The van der Waals surface area contributed by atoms with Gasteiger partial charge in [-0.3, -0.25) is 9.59 Å². The number of hydrogen-bond acceptors (Lipinski definition) is 5. The first kappa shape index (κ1) is 21.7. The number of hydrogen-bond donors (Lipinski definition) is 1. The van der Waals surface area contributed by atoms with E-state index in [1.807, 2.05) is 26.0 Å². The highest BCUT2D eigenvalue weighted by Crippen LogP contribution is 2.19. The van der Waals surface area contributed by atoms with Crippen LogP contribution in [-0.2, 0) is 22.5 Å². The van der Waals surface area contributed by atoms with E-state index >= 15 is 0 Å². The maximum Gasteiger partial charge on any atom is 0.293 e. The van der Waals surface area contributed by atoms with Gasteiger partial charge in [0.1, 0.15) is 17.9 Å². The molecule has 1 aromatic carbocycles. The lowest BCUT2D eigenvalue weighted by Crippen LogP contribution is -2.35. The fourth-order valence-electron chi connectivity index (χ4n) is 3.15. The van der Waals surface area contributed by atoms with Crippen LogP contribution in [-0.4, -0.2) is 44.6 Å². The third-order valence-electron chi connectivity index (χ3n) is 4.78. The van der Waals surface area contributed by atoms with Gasteiger partial charge in [-0.1, -0.05) is 31.2 Å². The molecule has 0 fully saturated rings. The smallest absolute Gasteiger partial charge is 0.293 e. The number of carbonyl (C=O) groups is 1. The maximum absolute atomic E-state index is 12.9. The van der Waals surface area contributed by atoms with E-state index in [9.17, 15) is 9.59 Å². The summed E-state index contributed by atoms with van der Waals surface area (Å²) < 4.78 is 8.17. The lowest BCUT2D eigenvalue weighted by atomic mass is 10.1. The van der Waals surface area contributed by atoms with Gasteiger partial charge in [-0.2, -0.15) is 10.2 Å². The molecule has 0 bridgehead atoms. The van der Waals surface area contributed by atoms with Gasteiger partial charge in [-0.05, 0) is 45.2 Å². The van der Waals surface area contributed by atoms with E-state index in [2.05, 4.69) is 34.6 Å². The number of rotatable bonds is 9. The third-order valence-corrected chi connectivity index (χ3v) is 4.78. The number of aromatic nitrogens is 4. The zero-order valence-corrected chi connectivity index (χ0v) is 18.0. The number of amides is 1. The zero-order valence-electron chi connectivity index (χ0n) is 18.0. The molecule has 1 N–H and O–H groups in total. The lowest BCUT2D eigenvalue weighted by molar-refractivity contribution is -0.121. The van der Waals surface area contributed by atoms with Gasteiger partial charge in [-0.15, -0.1) is 0 Å². The number of fused-ring (bicyclic) bond motifs is 1. The van der Waals surface area contributed by atoms with Crippen molar-refractivity contribution in [1.29, 1.82) is 0 Å². The number of carbonyl (C=O) groups excluding carboxylic acids is 1. The molecule has 2 heterocycles. The predicted octanol–water partition coefficient (Wildman–Crippen LogP) is 2.36. The van der Waals surface area contributed by atoms with Gasteiger partial charge in [0.25, 0.3) is 5.56 Å². The van der Waals surface area contributed by atoms with E-state index in [1.54, 1.807) is 13.0 Å². The van der Waals surface area contributed by atoms with Gasteiger partial charge in [0.2, 0.25) is 5.91 Å². The van der Waals surface area contributed by atoms with Crippen molar-refractivity contribution in [2.45, 2.75) is 53.2 Å². The summed E-state index contributed by atoms with van der Waals surface area (Å²) in [4.78, 5) is 25.1. The summed E-state index contributed by atoms with van der Waals surface area (Å²) in [7, 11) is 0. The van der Waals surface area contributed by atoms with Crippen molar-refractivity contribution in [1.82, 2.24) is 24.7 Å². The van der Waals surface area contributed by atoms with Crippen molar-refractivity contribution < 1.29 is 9.53 Å². The summed E-state index contributed by atoms with van der Waals surface area (Å²) in [5.41, 5.74) is 2.93. The molecule has 0 aliphatic carbocycles. The molecule has 3 aromatic rings. The second-order valence-corrected chi connectivity index (χ2v) is 7.51. The average molecular weight is 412 g/mol. The van der Waals surface area contributed by atoms with E-state index in [4.69, 9.17) is 4.74 Å². The quantitative estimate of drug-likeness (QED) is 0.546. The molecule has 30 heavy (non-hydrogen) atoms. The third kappa shape index (κ3) is 5.13. The number of aryl methyl sites for hydroxylation is 2. The van der Waals surface area contributed by atoms with Crippen molar-refractivity contribution >= 4 is 11.4 Å². The second-order valence-electron chi connectivity index (χ2n) is 7.51. The number of ether oxygens (including phenoxy) is 1. The van der Waals surface area contributed by atoms with Crippen LogP contribution in [0.1, 0.15) is 38.6 Å². The Kier molecular flexibility index (Phi) is 6.99. The fourth-order valence-corrected chi connectivity index (χ4v) is 3.15. The molecule has 2 aromatic heterocycles. The van der Waals surface area contributed by atoms with Crippen LogP contribution in [0.2, 0.25) is 0 Å². The fraction of sp³-hybridized carbons (Fsp3) is 0.455. The molecule has 0 radical (unpaired) electrons. The van der Waals surface area contributed by atoms with Crippen LogP contribution >= 0.6 is 0 Å². The average Bonchev–Trinajstić information content (AvgIpc) is 3.18. The molecular formula is C22H29N5O3. The number of nitrogens with zero attached hydrogens (tertiary/aromatic N) is 4. The lowest BCUT2D eigenvalue weighted by Gasteiger charge is -2.09. The Labute approximate surface area is 175 Å². The Morgan fingerprint density at radius 3 is 2.60 bits per heavy atom. The predicted molar refractivity (Wildman–Crippen MR) is 116 cm³/mol. The van der Waals surface area contributed by atoms with Gasteiger partial charge in [-0.25, -0.2) is 9.20 Å². The Bertz CT molecular complexity index is 1070. The van der Waals surface area contributed by atoms with Gasteiger partial charge < -0.3 is 10.1 Å². The standard InChI is InChI=1S/C22H29N5O3/c1-5-17-7-9-18(10-8-17)19-13-20-22(29)26(24-16(4)27(20)25-19)14-21(28)23-11-6-12-30-15(2)3/h7-10,13,15H,5-6,11-12,14H2,1-4H3,(H,23,28). The first-order valence-corrected chi connectivity index (χ1v) is 10.3. The Balaban J connectivity index is 1.74. The highest BCUT2D eigenvalue weighted by Gasteiger charge is 2.14. The molecule has 0 saturated carbocycles. The minimum atomic E-state index is -0.345. The van der Waals surface area contributed by atoms with Gasteiger partial charge >= 0.3 is 0 Å². The molecular weight excluding hydrogens is 382 g/mol. The van der Waals surface area contributed by atoms with Gasteiger partial charge in [0.05, 0.1) is 11.8 Å². The van der Waals surface area contributed by atoms with E-state index in [0.29, 0.717) is 36.6 Å². The molecule has 0 aliphatic rings. The van der Waals surface area contributed by atoms with Crippen molar-refractivity contribution in [3.05, 3.63) is 52.1 Å². The summed E-state index contributed by atoms with van der Waals surface area (Å²) in [5.74, 6) is 0.284. The summed E-state index contributed by atoms with van der Waals surface area (Å²) in [5, 5.41) is 11.6. The van der Waals surface area contributed by atoms with Gasteiger partial charge in [0, 0.05) is 18.7 Å². The van der Waals surface area contributed by atoms with E-state index in [-0.39, 0.29) is 24.1 Å². The van der Waals surface area contributed by atoms with Crippen LogP contribution in [0, 0.1) is 6.92 Å². The normalized spacial score (nSPS) is 11.4. The highest BCUT2D eigenvalue weighted by atomic mass is 16.5. The summed E-state index contributed by atoms with van der Waals surface area (Å²) in [6.45, 7) is 8.75. The van der Waals surface area contributed by atoms with Crippen molar-refractivity contribution in [3.8, 4) is 11.3 Å². The monoisotopic (exact) mass is 411 g/mol. The summed E-state index contributed by atoms with van der Waals surface area (Å²) >= 11 is 0. The highest BCUT2D eigenvalue weighted by molar-refractivity contribution is 5.75. The molecule has 160 valence electrons. The summed E-state index contributed by atoms with van der Waals surface area (Å²) in [6.07, 6.45) is 1.85. The molecule has 0 saturated heterocycles. The minimum Gasteiger partial charge on any atom is -0.379 e. The Hall–Kier alpha value is -3.00. The number of benzene rings is 1. The van der Waals surface area contributed by atoms with E-state index in [1.165, 1.54) is 14.8 Å². The topological polar surface area (TPSA) is 90.5 Å². The maximum atomic E-state index is 12.9. The van der Waals surface area contributed by atoms with Gasteiger partial charge in [0.15, 0.2) is 0 Å². The molecule has 0 atom stereocenters. The second kappa shape index (κ2) is 9.67. The van der Waals surface area contributed by atoms with Crippen molar-refractivity contribution in [2.75, 3.05) is 13.2 Å². The van der Waals surface area contributed by atoms with Crippen LogP contribution in [0.25, 0.3) is 16.8 Å². The van der Waals surface area contributed by atoms with E-state index in [0.717, 1.165) is 12.0 Å². The first-order chi connectivity index (χ1) is 14.4. The number of nitrogens with one attached hydrogen (secondary N) is 1. The largest absolute Gasteiger partial charge is 0.379 e. The minimum absolute atomic E-state index is 0.132. The zero-order chi connectivity index (χ0) is 21.7. The molecule has 8 heteroatoms. The van der Waals surface area contributed by atoms with Crippen LogP contribution in [0.5, 0.6) is 0 Å². The first-order valence-electron chi connectivity index (χ1n) is 10.3. The van der Waals surface area contributed by atoms with Crippen LogP contribution < -0.4 is 10.9 Å². The van der Waals surface area contributed by atoms with Crippen molar-refractivity contribution in [2.24, 2.45) is 0 Å². The molecule has 8 nitrogen and oxygen atoms in total. The van der Waals surface area contributed by atoms with Crippen LogP contribution in [0.4, 0.5) is 0 Å². The van der Waals surface area contributed by atoms with Crippen LogP contribution in [0.3, 0.4) is 0 Å². The van der Waals surface area contributed by atoms with Crippen molar-refractivity contribution in [3.63, 3.8) is 0 Å². The molecule has 3 rings (SSSR count). The molecule has 0 unspecified atom stereocenters. The van der Waals surface area contributed by atoms with Crippen LogP contribution in [0.15, 0.2) is 35.1 Å².